The fraction of sp³-hybridized carbons (Fsp3) is 0.438. The number of ether oxygens (including phenoxy) is 1. The van der Waals surface area contributed by atoms with E-state index in [4.69, 9.17) is 4.74 Å². The van der Waals surface area contributed by atoms with E-state index in [2.05, 4.69) is 33.0 Å². The minimum atomic E-state index is 0.494. The van der Waals surface area contributed by atoms with Crippen LogP contribution >= 0.6 is 0 Å². The lowest BCUT2D eigenvalue weighted by molar-refractivity contribution is 0.162. The SMILES string of the molecule is COc1ccccc1CN1CCC[C@@H](n2cccn2)C1. The zero-order valence-corrected chi connectivity index (χ0v) is 11.9. The Morgan fingerprint density at radius 2 is 2.20 bits per heavy atom. The fourth-order valence-corrected chi connectivity index (χ4v) is 2.96. The maximum absolute atomic E-state index is 5.44. The zero-order chi connectivity index (χ0) is 13.8. The highest BCUT2D eigenvalue weighted by Gasteiger charge is 2.22. The van der Waals surface area contributed by atoms with Crippen molar-refractivity contribution in [2.75, 3.05) is 20.2 Å². The van der Waals surface area contributed by atoms with Crippen LogP contribution in [0.2, 0.25) is 0 Å². The predicted molar refractivity (Wildman–Crippen MR) is 78.8 cm³/mol. The monoisotopic (exact) mass is 271 g/mol. The molecule has 0 N–H and O–H groups in total. The fourth-order valence-electron chi connectivity index (χ4n) is 2.96. The van der Waals surface area contributed by atoms with Gasteiger partial charge in [-0.3, -0.25) is 9.58 Å². The van der Waals surface area contributed by atoms with Gasteiger partial charge in [0.25, 0.3) is 0 Å². The molecule has 106 valence electrons. The van der Waals surface area contributed by atoms with Gasteiger partial charge in [-0.1, -0.05) is 18.2 Å². The minimum Gasteiger partial charge on any atom is -0.496 e. The van der Waals surface area contributed by atoms with Crippen LogP contribution in [0, 0.1) is 0 Å². The Morgan fingerprint density at radius 1 is 1.30 bits per heavy atom. The predicted octanol–water partition coefficient (Wildman–Crippen LogP) is 2.73. The summed E-state index contributed by atoms with van der Waals surface area (Å²) in [6.45, 7) is 3.15. The minimum absolute atomic E-state index is 0.494. The number of rotatable bonds is 4. The number of para-hydroxylation sites is 1. The van der Waals surface area contributed by atoms with E-state index in [-0.39, 0.29) is 0 Å². The molecule has 1 saturated heterocycles. The Bertz CT molecular complexity index is 538. The maximum Gasteiger partial charge on any atom is 0.123 e. The third-order valence-corrected chi connectivity index (χ3v) is 3.97. The quantitative estimate of drug-likeness (QED) is 0.856. The van der Waals surface area contributed by atoms with E-state index in [0.717, 1.165) is 25.4 Å². The van der Waals surface area contributed by atoms with Gasteiger partial charge in [-0.15, -0.1) is 0 Å². The van der Waals surface area contributed by atoms with Crippen LogP contribution in [-0.4, -0.2) is 34.9 Å². The second-order valence-electron chi connectivity index (χ2n) is 5.33. The average molecular weight is 271 g/mol. The van der Waals surface area contributed by atoms with Crippen molar-refractivity contribution in [2.45, 2.75) is 25.4 Å². The van der Waals surface area contributed by atoms with Gasteiger partial charge in [0.2, 0.25) is 0 Å². The van der Waals surface area contributed by atoms with Gasteiger partial charge >= 0.3 is 0 Å². The van der Waals surface area contributed by atoms with Crippen molar-refractivity contribution in [3.63, 3.8) is 0 Å². The molecule has 0 bridgehead atoms. The third kappa shape index (κ3) is 2.85. The summed E-state index contributed by atoms with van der Waals surface area (Å²) in [5, 5.41) is 4.38. The van der Waals surface area contributed by atoms with Gasteiger partial charge in [-0.2, -0.15) is 5.10 Å². The number of likely N-dealkylation sites (tertiary alicyclic amines) is 1. The molecule has 1 aliphatic heterocycles. The Hall–Kier alpha value is -1.81. The maximum atomic E-state index is 5.44. The molecule has 4 heteroatoms. The smallest absolute Gasteiger partial charge is 0.123 e. The number of aromatic nitrogens is 2. The van der Waals surface area contributed by atoms with Gasteiger partial charge < -0.3 is 4.74 Å². The molecule has 3 rings (SSSR count). The Balaban J connectivity index is 1.68. The number of hydrogen-bond donors (Lipinski definition) is 0. The zero-order valence-electron chi connectivity index (χ0n) is 11.9. The van der Waals surface area contributed by atoms with Crippen molar-refractivity contribution >= 4 is 0 Å². The van der Waals surface area contributed by atoms with Gasteiger partial charge in [-0.25, -0.2) is 0 Å². The summed E-state index contributed by atoms with van der Waals surface area (Å²) in [6, 6.07) is 10.8. The van der Waals surface area contributed by atoms with Crippen LogP contribution in [0.3, 0.4) is 0 Å². The van der Waals surface area contributed by atoms with Crippen molar-refractivity contribution in [3.8, 4) is 5.75 Å². The highest BCUT2D eigenvalue weighted by Crippen LogP contribution is 2.25. The summed E-state index contributed by atoms with van der Waals surface area (Å²) in [5.74, 6) is 0.980. The summed E-state index contributed by atoms with van der Waals surface area (Å²) in [5.41, 5.74) is 1.26. The standard InChI is InChI=1S/C16H21N3O/c1-20-16-8-3-2-6-14(16)12-18-10-4-7-15(13-18)19-11-5-9-17-19/h2-3,5-6,8-9,11,15H,4,7,10,12-13H2,1H3/t15-/m1/s1. The molecule has 0 unspecified atom stereocenters. The molecule has 20 heavy (non-hydrogen) atoms. The highest BCUT2D eigenvalue weighted by atomic mass is 16.5. The first kappa shape index (κ1) is 13.2. The topological polar surface area (TPSA) is 30.3 Å². The number of benzene rings is 1. The molecule has 4 nitrogen and oxygen atoms in total. The largest absolute Gasteiger partial charge is 0.496 e. The molecule has 0 radical (unpaired) electrons. The molecule has 1 aliphatic rings. The lowest BCUT2D eigenvalue weighted by Crippen LogP contribution is -2.36. The summed E-state index contributed by atoms with van der Waals surface area (Å²) in [6.07, 6.45) is 6.36. The first-order valence-corrected chi connectivity index (χ1v) is 7.20. The van der Waals surface area contributed by atoms with E-state index < -0.39 is 0 Å². The molecule has 0 spiro atoms. The third-order valence-electron chi connectivity index (χ3n) is 3.97. The average Bonchev–Trinajstić information content (AvgIpc) is 3.02. The van der Waals surface area contributed by atoms with E-state index in [1.165, 1.54) is 18.4 Å². The number of nitrogens with zero attached hydrogens (tertiary/aromatic N) is 3. The van der Waals surface area contributed by atoms with Crippen molar-refractivity contribution in [2.24, 2.45) is 0 Å². The lowest BCUT2D eigenvalue weighted by Gasteiger charge is -2.33. The first-order chi connectivity index (χ1) is 9.86. The molecule has 0 saturated carbocycles. The lowest BCUT2D eigenvalue weighted by atomic mass is 10.0. The normalized spacial score (nSPS) is 19.9. The molecular formula is C16H21N3O. The van der Waals surface area contributed by atoms with E-state index in [1.807, 2.05) is 24.4 Å². The van der Waals surface area contributed by atoms with Gasteiger partial charge in [-0.05, 0) is 31.5 Å². The van der Waals surface area contributed by atoms with Crippen LogP contribution in [-0.2, 0) is 6.54 Å². The number of piperidine rings is 1. The molecule has 0 aliphatic carbocycles. The van der Waals surface area contributed by atoms with Crippen LogP contribution in [0.5, 0.6) is 5.75 Å². The van der Waals surface area contributed by atoms with Crippen LogP contribution in [0.15, 0.2) is 42.7 Å². The molecule has 1 aromatic carbocycles. The second kappa shape index (κ2) is 6.09. The van der Waals surface area contributed by atoms with Crippen molar-refractivity contribution < 1.29 is 4.74 Å². The molecule has 1 fully saturated rings. The van der Waals surface area contributed by atoms with Gasteiger partial charge in [0, 0.05) is 31.0 Å². The van der Waals surface area contributed by atoms with Crippen LogP contribution in [0.1, 0.15) is 24.4 Å². The van der Waals surface area contributed by atoms with Gasteiger partial charge in [0.05, 0.1) is 13.2 Å². The van der Waals surface area contributed by atoms with Gasteiger partial charge in [0.1, 0.15) is 5.75 Å². The second-order valence-corrected chi connectivity index (χ2v) is 5.33. The van der Waals surface area contributed by atoms with Crippen molar-refractivity contribution in [1.82, 2.24) is 14.7 Å². The first-order valence-electron chi connectivity index (χ1n) is 7.20. The summed E-state index contributed by atoms with van der Waals surface area (Å²) >= 11 is 0. The van der Waals surface area contributed by atoms with E-state index in [0.29, 0.717) is 6.04 Å². The Morgan fingerprint density at radius 3 is 3.00 bits per heavy atom. The Kier molecular flexibility index (Phi) is 4.02. The van der Waals surface area contributed by atoms with E-state index >= 15 is 0 Å². The van der Waals surface area contributed by atoms with Crippen LogP contribution in [0.25, 0.3) is 0 Å². The molecule has 2 aromatic rings. The number of hydrogen-bond acceptors (Lipinski definition) is 3. The molecule has 2 heterocycles. The van der Waals surface area contributed by atoms with E-state index in [1.54, 1.807) is 7.11 Å². The summed E-state index contributed by atoms with van der Waals surface area (Å²) in [4.78, 5) is 2.49. The highest BCUT2D eigenvalue weighted by molar-refractivity contribution is 5.33. The number of methoxy groups -OCH3 is 1. The van der Waals surface area contributed by atoms with Crippen LogP contribution < -0.4 is 4.74 Å². The van der Waals surface area contributed by atoms with Crippen LogP contribution in [0.4, 0.5) is 0 Å². The van der Waals surface area contributed by atoms with Gasteiger partial charge in [0.15, 0.2) is 0 Å². The summed E-state index contributed by atoms with van der Waals surface area (Å²) < 4.78 is 7.53. The summed E-state index contributed by atoms with van der Waals surface area (Å²) in [7, 11) is 1.74. The van der Waals surface area contributed by atoms with Crippen molar-refractivity contribution in [1.29, 1.82) is 0 Å². The van der Waals surface area contributed by atoms with Crippen molar-refractivity contribution in [3.05, 3.63) is 48.3 Å². The molecule has 1 aromatic heterocycles. The molecule has 1 atom stereocenters. The van der Waals surface area contributed by atoms with E-state index in [9.17, 15) is 0 Å². The Labute approximate surface area is 120 Å². The molecular weight excluding hydrogens is 250 g/mol. The molecule has 0 amide bonds.